The maximum atomic E-state index is 4.49. The van der Waals surface area contributed by atoms with Crippen molar-refractivity contribution in [3.63, 3.8) is 0 Å². The maximum absolute atomic E-state index is 4.49. The number of hydrogen-bond acceptors (Lipinski definition) is 0. The molecular weight excluding hydrogens is 341 g/mol. The van der Waals surface area contributed by atoms with E-state index in [1.54, 1.807) is 0 Å². The Morgan fingerprint density at radius 3 is 1.88 bits per heavy atom. The molecule has 1 atom stereocenters. The van der Waals surface area contributed by atoms with E-state index in [9.17, 15) is 0 Å². The first kappa shape index (κ1) is 20.7. The van der Waals surface area contributed by atoms with Gasteiger partial charge in [-0.3, -0.25) is 0 Å². The van der Waals surface area contributed by atoms with Gasteiger partial charge in [0, 0.05) is 7.92 Å². The molecule has 0 spiro atoms. The average molecular weight is 372 g/mol. The van der Waals surface area contributed by atoms with Gasteiger partial charge in [0.05, 0.1) is 17.0 Å². The molecule has 0 aromatic heterocycles. The SMILES string of the molecule is CC(C)C[PH+](C1CCCC1)C(C)(C)C.[CH3-].[Cl][Pd+]. The molecule has 108 valence electrons. The Bertz CT molecular complexity index is 172. The van der Waals surface area contributed by atoms with Gasteiger partial charge in [0.2, 0.25) is 0 Å². The van der Waals surface area contributed by atoms with Crippen LogP contribution < -0.4 is 0 Å². The second kappa shape index (κ2) is 10.2. The topological polar surface area (TPSA) is 0 Å². The standard InChI is InChI=1S/C13H27P.CH3.ClH.Pd/c1-11(2)10-14(13(3,4)5)12-8-6-7-9-12;;;/h11-12H,6-10H2,1-5H3;1H3;1H;/q;-1;;+2. The summed E-state index contributed by atoms with van der Waals surface area (Å²) in [5.74, 6) is 0.906. The zero-order valence-electron chi connectivity index (χ0n) is 12.4. The molecule has 3 heteroatoms. The van der Waals surface area contributed by atoms with Gasteiger partial charge in [0.25, 0.3) is 0 Å². The molecule has 0 aromatic carbocycles. The Morgan fingerprint density at radius 2 is 1.59 bits per heavy atom. The number of halogens is 1. The van der Waals surface area contributed by atoms with Crippen molar-refractivity contribution in [2.24, 2.45) is 5.92 Å². The van der Waals surface area contributed by atoms with Crippen LogP contribution >= 0.6 is 17.5 Å². The van der Waals surface area contributed by atoms with Crippen LogP contribution in [0.4, 0.5) is 0 Å². The van der Waals surface area contributed by atoms with Crippen molar-refractivity contribution in [2.45, 2.75) is 71.1 Å². The van der Waals surface area contributed by atoms with Gasteiger partial charge in [-0.15, -0.1) is 0 Å². The van der Waals surface area contributed by atoms with Crippen molar-refractivity contribution < 1.29 is 18.2 Å². The third-order valence-electron chi connectivity index (χ3n) is 3.44. The van der Waals surface area contributed by atoms with E-state index in [0.29, 0.717) is 5.16 Å². The molecule has 0 nitrogen and oxygen atoms in total. The summed E-state index contributed by atoms with van der Waals surface area (Å²) in [5.41, 5.74) is 1.13. The summed E-state index contributed by atoms with van der Waals surface area (Å²) in [6.07, 6.45) is 7.62. The molecule has 1 aliphatic carbocycles. The Hall–Kier alpha value is 1.38. The fourth-order valence-electron chi connectivity index (χ4n) is 2.80. The summed E-state index contributed by atoms with van der Waals surface area (Å²) in [4.78, 5) is 0. The van der Waals surface area contributed by atoms with E-state index in [2.05, 4.69) is 62.3 Å². The van der Waals surface area contributed by atoms with Crippen LogP contribution in [0.1, 0.15) is 60.3 Å². The Labute approximate surface area is 126 Å². The van der Waals surface area contributed by atoms with Crippen LogP contribution in [0, 0.1) is 13.3 Å². The second-order valence-corrected chi connectivity index (χ2v) is 10.1. The van der Waals surface area contributed by atoms with Crippen molar-refractivity contribution in [1.82, 2.24) is 0 Å². The molecule has 1 saturated carbocycles. The van der Waals surface area contributed by atoms with E-state index in [-0.39, 0.29) is 15.3 Å². The molecule has 0 amide bonds. The molecule has 1 fully saturated rings. The molecule has 1 aliphatic rings. The summed E-state index contributed by atoms with van der Waals surface area (Å²) in [5, 5.41) is 0.615. The predicted molar refractivity (Wildman–Crippen MR) is 82.3 cm³/mol. The summed E-state index contributed by atoms with van der Waals surface area (Å²) in [7, 11) is 4.35. The molecule has 0 saturated heterocycles. The zero-order valence-corrected chi connectivity index (χ0v) is 15.7. The van der Waals surface area contributed by atoms with Gasteiger partial charge in [-0.2, -0.15) is 0 Å². The van der Waals surface area contributed by atoms with Crippen LogP contribution in [0.15, 0.2) is 0 Å². The Morgan fingerprint density at radius 1 is 1.18 bits per heavy atom. The minimum absolute atomic E-state index is 0. The first-order chi connectivity index (χ1) is 7.41. The van der Waals surface area contributed by atoms with Gasteiger partial charge < -0.3 is 7.43 Å². The zero-order chi connectivity index (χ0) is 12.8. The minimum atomic E-state index is -0.137. The van der Waals surface area contributed by atoms with Crippen LogP contribution in [0.3, 0.4) is 0 Å². The van der Waals surface area contributed by atoms with Crippen molar-refractivity contribution in [3.8, 4) is 0 Å². The van der Waals surface area contributed by atoms with E-state index in [0.717, 1.165) is 11.6 Å². The van der Waals surface area contributed by atoms with Crippen LogP contribution in [0.5, 0.6) is 0 Å². The molecule has 0 radical (unpaired) electrons. The molecular formula is C14H31ClPPd+. The number of rotatable bonds is 3. The van der Waals surface area contributed by atoms with Crippen LogP contribution in [0.25, 0.3) is 0 Å². The van der Waals surface area contributed by atoms with Crippen molar-refractivity contribution >= 4 is 17.5 Å². The van der Waals surface area contributed by atoms with E-state index < -0.39 is 0 Å². The molecule has 0 N–H and O–H groups in total. The fraction of sp³-hybridized carbons (Fsp3) is 0.929. The van der Waals surface area contributed by atoms with Gasteiger partial charge in [0.1, 0.15) is 0 Å². The van der Waals surface area contributed by atoms with Crippen LogP contribution in [0.2, 0.25) is 0 Å². The third-order valence-corrected chi connectivity index (χ3v) is 8.19. The summed E-state index contributed by atoms with van der Waals surface area (Å²) in [6.45, 7) is 12.2. The van der Waals surface area contributed by atoms with Crippen molar-refractivity contribution in [2.75, 3.05) is 6.16 Å². The van der Waals surface area contributed by atoms with Gasteiger partial charge in [-0.05, 0) is 52.4 Å². The molecule has 0 aliphatic heterocycles. The second-order valence-electron chi connectivity index (χ2n) is 6.35. The van der Waals surface area contributed by atoms with E-state index in [1.807, 2.05) is 0 Å². The van der Waals surface area contributed by atoms with Crippen LogP contribution in [-0.2, 0) is 18.2 Å². The van der Waals surface area contributed by atoms with E-state index in [4.69, 9.17) is 0 Å². The van der Waals surface area contributed by atoms with E-state index >= 15 is 0 Å². The average Bonchev–Trinajstić information content (AvgIpc) is 2.68. The monoisotopic (exact) mass is 371 g/mol. The van der Waals surface area contributed by atoms with E-state index in [1.165, 1.54) is 31.8 Å². The van der Waals surface area contributed by atoms with Gasteiger partial charge in [0.15, 0.2) is 0 Å². The predicted octanol–water partition coefficient (Wildman–Crippen LogP) is 5.73. The molecule has 0 bridgehead atoms. The van der Waals surface area contributed by atoms with Crippen molar-refractivity contribution in [1.29, 1.82) is 0 Å². The molecule has 1 rings (SSSR count). The molecule has 17 heavy (non-hydrogen) atoms. The third kappa shape index (κ3) is 8.21. The normalized spacial score (nSPS) is 18.4. The van der Waals surface area contributed by atoms with Crippen molar-refractivity contribution in [3.05, 3.63) is 7.43 Å². The quantitative estimate of drug-likeness (QED) is 0.337. The molecule has 0 aromatic rings. The van der Waals surface area contributed by atoms with Gasteiger partial charge in [-0.25, -0.2) is 0 Å². The first-order valence-corrected chi connectivity index (χ1v) is 10.2. The fourth-order valence-corrected chi connectivity index (χ4v) is 6.95. The summed E-state index contributed by atoms with van der Waals surface area (Å²) < 4.78 is 0. The van der Waals surface area contributed by atoms with Gasteiger partial charge >= 0.3 is 27.7 Å². The summed E-state index contributed by atoms with van der Waals surface area (Å²) in [6, 6.07) is 0. The Kier molecular flexibility index (Phi) is 12.4. The first-order valence-electron chi connectivity index (χ1n) is 6.39. The molecule has 1 unspecified atom stereocenters. The number of hydrogen-bond donors (Lipinski definition) is 0. The molecule has 0 heterocycles. The summed E-state index contributed by atoms with van der Waals surface area (Å²) >= 11 is 2.22. The van der Waals surface area contributed by atoms with Gasteiger partial charge in [-0.1, -0.05) is 13.8 Å². The van der Waals surface area contributed by atoms with Crippen LogP contribution in [-0.4, -0.2) is 17.0 Å². The Balaban J connectivity index is 0.